The topological polar surface area (TPSA) is 55.3 Å². The van der Waals surface area contributed by atoms with Crippen LogP contribution in [-0.4, -0.2) is 32.0 Å². The molecule has 0 aromatic rings. The maximum absolute atomic E-state index is 4.71. The van der Waals surface area contributed by atoms with Gasteiger partial charge in [-0.25, -0.2) is 0 Å². The molecule has 0 saturated heterocycles. The Bertz CT molecular complexity index is 230. The Hall–Kier alpha value is 0.979. The Morgan fingerprint density at radius 2 is 1.00 bits per heavy atom. The first-order valence-electron chi connectivity index (χ1n) is 4.33. The van der Waals surface area contributed by atoms with E-state index >= 15 is 0 Å². The van der Waals surface area contributed by atoms with Crippen molar-refractivity contribution in [2.24, 2.45) is 11.5 Å². The number of rotatable bonds is 0. The van der Waals surface area contributed by atoms with E-state index in [9.17, 15) is 0 Å². The molecule has 0 aliphatic rings. The smallest absolute Gasteiger partial charge is 0.132 e. The Morgan fingerprint density at radius 3 is 1.00 bits per heavy atom. The number of nitrogens with two attached hydrogens (primary N) is 2. The van der Waals surface area contributed by atoms with Gasteiger partial charge in [-0.15, -0.1) is 44.5 Å². The molecule has 0 saturated carbocycles. The van der Waals surface area contributed by atoms with Crippen molar-refractivity contribution in [1.82, 2.24) is 4.90 Å². The molecule has 1 radical (unpaired) electrons. The standard InChI is InChI=1S/C4H8.C3H7NS2.2CH3NS2.Mn/c1-4(2)3;1-4(2)3(5)6;2*2-1(3)4;/h1H2,2-3H3;1-2H3,(H,5,6);2*(H3,2,3,4);. The quantitative estimate of drug-likeness (QED) is 0.181. The van der Waals surface area contributed by atoms with Crippen LogP contribution in [0.4, 0.5) is 0 Å². The van der Waals surface area contributed by atoms with E-state index in [0.717, 1.165) is 0 Å². The van der Waals surface area contributed by atoms with Crippen LogP contribution in [0.2, 0.25) is 0 Å². The van der Waals surface area contributed by atoms with Crippen LogP contribution in [0, 0.1) is 0 Å². The van der Waals surface area contributed by atoms with Gasteiger partial charge >= 0.3 is 0 Å². The van der Waals surface area contributed by atoms with Gasteiger partial charge in [0.25, 0.3) is 0 Å². The van der Waals surface area contributed by atoms with E-state index in [1.54, 1.807) is 4.90 Å². The summed E-state index contributed by atoms with van der Waals surface area (Å²) >= 11 is 23.8. The zero-order chi connectivity index (χ0) is 15.9. The zero-order valence-corrected chi connectivity index (χ0v) is 17.6. The summed E-state index contributed by atoms with van der Waals surface area (Å²) in [5, 5.41) is 0. The fourth-order valence-corrected chi connectivity index (χ4v) is 0. The molecule has 0 fully saturated rings. The minimum Gasteiger partial charge on any atom is -0.385 e. The predicted octanol–water partition coefficient (Wildman–Crippen LogP) is 2.66. The second-order valence-corrected chi connectivity index (χ2v) is 6.62. The molecule has 0 heterocycles. The van der Waals surface area contributed by atoms with Crippen LogP contribution in [0.25, 0.3) is 0 Å². The van der Waals surface area contributed by atoms with Gasteiger partial charge < -0.3 is 16.4 Å². The van der Waals surface area contributed by atoms with E-state index in [1.807, 2.05) is 27.9 Å². The van der Waals surface area contributed by atoms with Crippen LogP contribution in [0.1, 0.15) is 13.8 Å². The average Bonchev–Trinajstić information content (AvgIpc) is 1.99. The van der Waals surface area contributed by atoms with Gasteiger partial charge in [0, 0.05) is 31.2 Å². The molecule has 0 aromatic carbocycles. The summed E-state index contributed by atoms with van der Waals surface area (Å²) in [6.45, 7) is 7.50. The molecule has 0 aliphatic carbocycles. The Morgan fingerprint density at radius 1 is 0.947 bits per heavy atom. The molecule has 3 nitrogen and oxygen atoms in total. The molecule has 10 heteroatoms. The maximum Gasteiger partial charge on any atom is 0.132 e. The monoisotopic (exact) mass is 418 g/mol. The zero-order valence-electron chi connectivity index (χ0n) is 11.3. The van der Waals surface area contributed by atoms with Crippen molar-refractivity contribution < 1.29 is 17.1 Å². The molecule has 0 rings (SSSR count). The van der Waals surface area contributed by atoms with Gasteiger partial charge in [0.05, 0.1) is 0 Å². The van der Waals surface area contributed by atoms with Crippen LogP contribution < -0.4 is 11.5 Å². The van der Waals surface area contributed by atoms with E-state index in [1.165, 1.54) is 5.57 Å². The SMILES string of the molecule is C=C(C)C.CN(C)C(=S)S.NC(=S)S.NC(=S)S.[Mn]. The van der Waals surface area contributed by atoms with Crippen LogP contribution in [0.15, 0.2) is 12.2 Å². The summed E-state index contributed by atoms with van der Waals surface area (Å²) in [6, 6.07) is 0. The molecule has 4 N–H and O–H groups in total. The van der Waals surface area contributed by atoms with Gasteiger partial charge in [0.1, 0.15) is 13.0 Å². The van der Waals surface area contributed by atoms with Gasteiger partial charge in [-0.1, -0.05) is 42.2 Å². The molecule has 0 spiro atoms. The molecular weight excluding hydrogens is 397 g/mol. The number of allylic oxidation sites excluding steroid dienone is 1. The Kier molecular flexibility index (Phi) is 40.6. The first-order valence-corrected chi connectivity index (χ1v) is 6.90. The van der Waals surface area contributed by atoms with E-state index in [0.29, 0.717) is 4.32 Å². The van der Waals surface area contributed by atoms with Crippen molar-refractivity contribution in [3.63, 3.8) is 0 Å². The minimum atomic E-state index is 0. The summed E-state index contributed by atoms with van der Waals surface area (Å²) < 4.78 is 1.01. The van der Waals surface area contributed by atoms with Crippen molar-refractivity contribution in [1.29, 1.82) is 0 Å². The minimum absolute atomic E-state index is 0. The van der Waals surface area contributed by atoms with Crippen LogP contribution in [0.5, 0.6) is 0 Å². The van der Waals surface area contributed by atoms with Crippen molar-refractivity contribution in [3.8, 4) is 0 Å². The predicted molar refractivity (Wildman–Crippen MR) is 107 cm³/mol. The number of hydrogen-bond donors (Lipinski definition) is 5. The van der Waals surface area contributed by atoms with Gasteiger partial charge in [-0.05, 0) is 13.8 Å². The van der Waals surface area contributed by atoms with Gasteiger partial charge in [-0.3, -0.25) is 0 Å². The van der Waals surface area contributed by atoms with E-state index in [4.69, 9.17) is 11.5 Å². The number of thiol groups is 3. The molecule has 0 unspecified atom stereocenters. The summed E-state index contributed by atoms with van der Waals surface area (Å²) in [6.07, 6.45) is 0. The fraction of sp³-hybridized carbons (Fsp3) is 0.444. The van der Waals surface area contributed by atoms with Crippen LogP contribution >= 0.6 is 74.5 Å². The largest absolute Gasteiger partial charge is 0.385 e. The van der Waals surface area contributed by atoms with Crippen molar-refractivity contribution >= 4 is 87.5 Å². The Balaban J connectivity index is -0.0000000459. The first-order chi connectivity index (χ1) is 7.84. The van der Waals surface area contributed by atoms with Crippen LogP contribution in [-0.2, 0) is 17.1 Å². The molecule has 0 aliphatic heterocycles. The summed E-state index contributed by atoms with van der Waals surface area (Å²) in [4.78, 5) is 1.76. The van der Waals surface area contributed by atoms with Gasteiger partial charge in [0.15, 0.2) is 0 Å². The molecular formula is C9H21MnN3S6. The summed E-state index contributed by atoms with van der Waals surface area (Å²) in [7, 11) is 3.71. The number of thiocarbonyl (C=S) groups is 3. The third-order valence-electron chi connectivity index (χ3n) is 0.383. The van der Waals surface area contributed by atoms with Crippen molar-refractivity contribution in [3.05, 3.63) is 12.2 Å². The fourth-order valence-electron chi connectivity index (χ4n) is 0. The van der Waals surface area contributed by atoms with Gasteiger partial charge in [-0.2, -0.15) is 0 Å². The van der Waals surface area contributed by atoms with E-state index in [2.05, 4.69) is 81.1 Å². The second-order valence-electron chi connectivity index (χ2n) is 3.06. The third kappa shape index (κ3) is 221. The number of nitrogens with zero attached hydrogens (tertiary/aromatic N) is 1. The molecule has 0 aromatic heterocycles. The normalized spacial score (nSPS) is 6.47. The van der Waals surface area contributed by atoms with Crippen LogP contribution in [0.3, 0.4) is 0 Å². The second kappa shape index (κ2) is 24.0. The summed E-state index contributed by atoms with van der Waals surface area (Å²) in [5.41, 5.74) is 10.6. The van der Waals surface area contributed by atoms with Crippen molar-refractivity contribution in [2.75, 3.05) is 14.1 Å². The van der Waals surface area contributed by atoms with E-state index in [-0.39, 0.29) is 25.7 Å². The van der Waals surface area contributed by atoms with Crippen molar-refractivity contribution in [2.45, 2.75) is 13.8 Å². The third-order valence-corrected chi connectivity index (χ3v) is 1.15. The molecule has 0 bridgehead atoms. The average molecular weight is 419 g/mol. The maximum atomic E-state index is 4.71. The first kappa shape index (κ1) is 32.1. The molecule has 0 amide bonds. The van der Waals surface area contributed by atoms with Gasteiger partial charge in [0.2, 0.25) is 0 Å². The molecule has 0 atom stereocenters. The molecule has 115 valence electrons. The summed E-state index contributed by atoms with van der Waals surface area (Å²) in [5.74, 6) is 0. The Labute approximate surface area is 160 Å². The van der Waals surface area contributed by atoms with E-state index < -0.39 is 0 Å². The number of hydrogen-bond acceptors (Lipinski definition) is 3. The molecule has 19 heavy (non-hydrogen) atoms.